The Kier molecular flexibility index (Phi) is 4.67. The minimum absolute atomic E-state index is 0.0462. The zero-order valence-electron chi connectivity index (χ0n) is 11.2. The Morgan fingerprint density at radius 1 is 1.50 bits per heavy atom. The molecule has 0 N–H and O–H groups in total. The number of nitrogens with zero attached hydrogens (tertiary/aromatic N) is 2. The number of benzene rings is 1. The molecule has 0 aliphatic carbocycles. The molecule has 20 heavy (non-hydrogen) atoms. The van der Waals surface area contributed by atoms with Crippen LogP contribution in [0.1, 0.15) is 21.6 Å². The highest BCUT2D eigenvalue weighted by atomic mass is 79.9. The van der Waals surface area contributed by atoms with Crippen LogP contribution in [-0.2, 0) is 11.3 Å². The molecular formula is C14H14BrFN2O2. The summed E-state index contributed by atoms with van der Waals surface area (Å²) in [6.07, 6.45) is 1.52. The molecule has 1 heterocycles. The molecule has 0 unspecified atom stereocenters. The lowest BCUT2D eigenvalue weighted by atomic mass is 10.0. The Morgan fingerprint density at radius 3 is 2.95 bits per heavy atom. The number of carbonyl (C=O) groups is 1. The van der Waals surface area contributed by atoms with E-state index in [9.17, 15) is 9.18 Å². The minimum Gasteiger partial charge on any atom is -0.383 e. The first-order valence-electron chi connectivity index (χ1n) is 6.06. The van der Waals surface area contributed by atoms with Crippen LogP contribution in [0.15, 0.2) is 28.9 Å². The van der Waals surface area contributed by atoms with E-state index in [1.807, 2.05) is 0 Å². The van der Waals surface area contributed by atoms with Gasteiger partial charge in [0.05, 0.1) is 29.4 Å². The van der Waals surface area contributed by atoms with Crippen LogP contribution in [0.5, 0.6) is 0 Å². The largest absolute Gasteiger partial charge is 0.383 e. The van der Waals surface area contributed by atoms with Gasteiger partial charge in [-0.05, 0) is 34.5 Å². The number of carbonyl (C=O) groups excluding carboxylic acids is 1. The van der Waals surface area contributed by atoms with Gasteiger partial charge in [0, 0.05) is 7.11 Å². The second-order valence-corrected chi connectivity index (χ2v) is 5.18. The van der Waals surface area contributed by atoms with Gasteiger partial charge in [-0.25, -0.2) is 4.39 Å². The number of hydrogen-bond donors (Lipinski definition) is 0. The molecule has 0 aliphatic rings. The Balaban J connectivity index is 2.43. The quantitative estimate of drug-likeness (QED) is 0.786. The molecule has 0 aliphatic heterocycles. The summed E-state index contributed by atoms with van der Waals surface area (Å²) in [6.45, 7) is 2.48. The lowest BCUT2D eigenvalue weighted by Gasteiger charge is -2.08. The van der Waals surface area contributed by atoms with Gasteiger partial charge in [-0.3, -0.25) is 9.48 Å². The normalized spacial score (nSPS) is 10.8. The summed E-state index contributed by atoms with van der Waals surface area (Å²) < 4.78 is 21.1. The van der Waals surface area contributed by atoms with Gasteiger partial charge in [0.25, 0.3) is 0 Å². The van der Waals surface area contributed by atoms with E-state index in [0.29, 0.717) is 28.9 Å². The van der Waals surface area contributed by atoms with Crippen LogP contribution < -0.4 is 0 Å². The summed E-state index contributed by atoms with van der Waals surface area (Å²) >= 11 is 3.28. The van der Waals surface area contributed by atoms with E-state index in [2.05, 4.69) is 21.0 Å². The molecular weight excluding hydrogens is 327 g/mol. The first-order chi connectivity index (χ1) is 9.56. The average Bonchev–Trinajstić information content (AvgIpc) is 2.80. The maximum Gasteiger partial charge on any atom is 0.215 e. The number of halogens is 2. The molecule has 0 spiro atoms. The molecule has 0 fully saturated rings. The van der Waals surface area contributed by atoms with Crippen LogP contribution in [0.3, 0.4) is 0 Å². The molecule has 4 nitrogen and oxygen atoms in total. The Bertz CT molecular complexity index is 640. The number of aryl methyl sites for hydroxylation is 1. The predicted octanol–water partition coefficient (Wildman–Crippen LogP) is 2.97. The van der Waals surface area contributed by atoms with Gasteiger partial charge in [-0.15, -0.1) is 0 Å². The van der Waals surface area contributed by atoms with E-state index in [0.717, 1.165) is 0 Å². The van der Waals surface area contributed by atoms with E-state index in [-0.39, 0.29) is 5.56 Å². The number of hydrogen-bond acceptors (Lipinski definition) is 3. The summed E-state index contributed by atoms with van der Waals surface area (Å²) in [5.74, 6) is -0.893. The Labute approximate surface area is 124 Å². The smallest absolute Gasteiger partial charge is 0.215 e. The summed E-state index contributed by atoms with van der Waals surface area (Å²) in [7, 11) is 1.57. The fourth-order valence-electron chi connectivity index (χ4n) is 1.89. The highest BCUT2D eigenvalue weighted by molar-refractivity contribution is 9.10. The SMILES string of the molecule is COCCn1ncc(Br)c1C(=O)c1cccc(C)c1F. The molecule has 0 amide bonds. The van der Waals surface area contributed by atoms with Crippen LogP contribution in [0.2, 0.25) is 0 Å². The molecule has 6 heteroatoms. The first-order valence-corrected chi connectivity index (χ1v) is 6.85. The number of aromatic nitrogens is 2. The summed E-state index contributed by atoms with van der Waals surface area (Å²) in [5, 5.41) is 4.10. The second kappa shape index (κ2) is 6.28. The van der Waals surface area contributed by atoms with Crippen LogP contribution in [0.4, 0.5) is 4.39 Å². The van der Waals surface area contributed by atoms with Gasteiger partial charge in [0.2, 0.25) is 5.78 Å². The zero-order chi connectivity index (χ0) is 14.7. The van der Waals surface area contributed by atoms with E-state index in [4.69, 9.17) is 4.74 Å². The van der Waals surface area contributed by atoms with Crippen molar-refractivity contribution in [1.82, 2.24) is 9.78 Å². The number of ether oxygens (including phenoxy) is 1. The maximum absolute atomic E-state index is 14.1. The molecule has 0 atom stereocenters. The molecule has 0 saturated heterocycles. The van der Waals surface area contributed by atoms with Gasteiger partial charge in [0.1, 0.15) is 11.5 Å². The van der Waals surface area contributed by atoms with E-state index < -0.39 is 11.6 Å². The maximum atomic E-state index is 14.1. The van der Waals surface area contributed by atoms with Crippen molar-refractivity contribution in [3.8, 4) is 0 Å². The Morgan fingerprint density at radius 2 is 2.25 bits per heavy atom. The van der Waals surface area contributed by atoms with Crippen LogP contribution in [0.25, 0.3) is 0 Å². The topological polar surface area (TPSA) is 44.1 Å². The minimum atomic E-state index is -0.496. The molecule has 1 aromatic carbocycles. The van der Waals surface area contributed by atoms with Gasteiger partial charge in [-0.1, -0.05) is 12.1 Å². The van der Waals surface area contributed by atoms with Crippen molar-refractivity contribution in [2.45, 2.75) is 13.5 Å². The van der Waals surface area contributed by atoms with E-state index in [1.54, 1.807) is 26.2 Å². The van der Waals surface area contributed by atoms with Crippen molar-refractivity contribution in [3.05, 3.63) is 51.5 Å². The van der Waals surface area contributed by atoms with Gasteiger partial charge in [0.15, 0.2) is 0 Å². The van der Waals surface area contributed by atoms with Crippen molar-refractivity contribution >= 4 is 21.7 Å². The molecule has 1 aromatic heterocycles. The summed E-state index contributed by atoms with van der Waals surface area (Å²) in [4.78, 5) is 12.5. The summed E-state index contributed by atoms with van der Waals surface area (Å²) in [5.41, 5.74) is 0.811. The molecule has 106 valence electrons. The second-order valence-electron chi connectivity index (χ2n) is 4.32. The average molecular weight is 341 g/mol. The molecule has 2 aromatic rings. The lowest BCUT2D eigenvalue weighted by Crippen LogP contribution is -2.16. The third-order valence-corrected chi connectivity index (χ3v) is 3.53. The van der Waals surface area contributed by atoms with E-state index in [1.165, 1.54) is 16.9 Å². The molecule has 0 radical (unpaired) electrons. The van der Waals surface area contributed by atoms with E-state index >= 15 is 0 Å². The molecule has 0 saturated carbocycles. The number of rotatable bonds is 5. The molecule has 2 rings (SSSR count). The van der Waals surface area contributed by atoms with Crippen molar-refractivity contribution < 1.29 is 13.9 Å². The van der Waals surface area contributed by atoms with Gasteiger partial charge < -0.3 is 4.74 Å². The Hall–Kier alpha value is -1.53. The van der Waals surface area contributed by atoms with Gasteiger partial charge in [-0.2, -0.15) is 5.10 Å². The van der Waals surface area contributed by atoms with Crippen LogP contribution in [-0.4, -0.2) is 29.3 Å². The highest BCUT2D eigenvalue weighted by Gasteiger charge is 2.22. The van der Waals surface area contributed by atoms with Crippen molar-refractivity contribution in [2.24, 2.45) is 0 Å². The fraction of sp³-hybridized carbons (Fsp3) is 0.286. The zero-order valence-corrected chi connectivity index (χ0v) is 12.8. The highest BCUT2D eigenvalue weighted by Crippen LogP contribution is 2.22. The lowest BCUT2D eigenvalue weighted by molar-refractivity contribution is 0.102. The standard InChI is InChI=1S/C14H14BrFN2O2/c1-9-4-3-5-10(12(9)16)14(19)13-11(15)8-17-18(13)6-7-20-2/h3-5,8H,6-7H2,1-2H3. The van der Waals surface area contributed by atoms with Crippen molar-refractivity contribution in [1.29, 1.82) is 0 Å². The van der Waals surface area contributed by atoms with Crippen molar-refractivity contribution in [2.75, 3.05) is 13.7 Å². The third kappa shape index (κ3) is 2.81. The van der Waals surface area contributed by atoms with Gasteiger partial charge >= 0.3 is 0 Å². The number of ketones is 1. The van der Waals surface area contributed by atoms with Crippen molar-refractivity contribution in [3.63, 3.8) is 0 Å². The predicted molar refractivity (Wildman–Crippen MR) is 76.4 cm³/mol. The summed E-state index contributed by atoms with van der Waals surface area (Å²) in [6, 6.07) is 4.77. The van der Waals surface area contributed by atoms with Crippen LogP contribution >= 0.6 is 15.9 Å². The number of methoxy groups -OCH3 is 1. The first kappa shape index (κ1) is 14.9. The van der Waals surface area contributed by atoms with Crippen LogP contribution in [0, 0.1) is 12.7 Å². The fourth-order valence-corrected chi connectivity index (χ4v) is 2.36. The monoisotopic (exact) mass is 340 g/mol. The molecule has 0 bridgehead atoms. The third-order valence-electron chi connectivity index (χ3n) is 2.95.